The topological polar surface area (TPSA) is 45.6 Å². The number of fused-ring (bicyclic) bond motifs is 1. The van der Waals surface area contributed by atoms with Crippen LogP contribution in [0.2, 0.25) is 0 Å². The summed E-state index contributed by atoms with van der Waals surface area (Å²) in [6, 6.07) is 17.8. The minimum absolute atomic E-state index is 0.166. The molecule has 5 heteroatoms. The number of hydrogen-bond donors (Lipinski definition) is 0. The molecule has 2 heterocycles. The van der Waals surface area contributed by atoms with E-state index >= 15 is 0 Å². The van der Waals surface area contributed by atoms with Crippen LogP contribution >= 0.6 is 0 Å². The zero-order valence-corrected chi connectivity index (χ0v) is 15.5. The minimum Gasteiger partial charge on any atom is -0.350 e. The first-order valence-corrected chi connectivity index (χ1v) is 9.27. The molecule has 27 heavy (non-hydrogen) atoms. The van der Waals surface area contributed by atoms with E-state index in [9.17, 15) is 9.59 Å². The van der Waals surface area contributed by atoms with Crippen molar-refractivity contribution in [2.75, 3.05) is 26.2 Å². The molecule has 0 N–H and O–H groups in total. The van der Waals surface area contributed by atoms with Gasteiger partial charge in [0.2, 0.25) is 5.43 Å². The average Bonchev–Trinajstić information content (AvgIpc) is 2.71. The van der Waals surface area contributed by atoms with Gasteiger partial charge in [-0.3, -0.25) is 14.5 Å². The summed E-state index contributed by atoms with van der Waals surface area (Å²) in [6.07, 6.45) is 1.67. The molecule has 1 aliphatic heterocycles. The van der Waals surface area contributed by atoms with Gasteiger partial charge in [-0.25, -0.2) is 0 Å². The first-order chi connectivity index (χ1) is 13.1. The second-order valence-corrected chi connectivity index (χ2v) is 7.05. The van der Waals surface area contributed by atoms with Crippen molar-refractivity contribution in [3.63, 3.8) is 0 Å². The van der Waals surface area contributed by atoms with E-state index in [1.165, 1.54) is 5.56 Å². The number of para-hydroxylation sites is 1. The third-order valence-electron chi connectivity index (χ3n) is 5.23. The maximum Gasteiger partial charge on any atom is 0.259 e. The molecule has 0 saturated carbocycles. The largest absolute Gasteiger partial charge is 0.350 e. The zero-order chi connectivity index (χ0) is 18.8. The second kappa shape index (κ2) is 7.37. The number of carbonyl (C=O) groups excluding carboxylic acids is 1. The highest BCUT2D eigenvalue weighted by atomic mass is 16.2. The number of amides is 1. The van der Waals surface area contributed by atoms with Crippen LogP contribution in [0.1, 0.15) is 15.9 Å². The van der Waals surface area contributed by atoms with E-state index in [2.05, 4.69) is 17.0 Å². The monoisotopic (exact) mass is 361 g/mol. The molecule has 138 valence electrons. The lowest BCUT2D eigenvalue weighted by atomic mass is 10.1. The third-order valence-corrected chi connectivity index (χ3v) is 5.23. The van der Waals surface area contributed by atoms with Gasteiger partial charge >= 0.3 is 0 Å². The van der Waals surface area contributed by atoms with E-state index in [1.807, 2.05) is 48.0 Å². The van der Waals surface area contributed by atoms with Crippen molar-refractivity contribution in [3.8, 4) is 0 Å². The first-order valence-electron chi connectivity index (χ1n) is 9.27. The van der Waals surface area contributed by atoms with Gasteiger partial charge in [-0.1, -0.05) is 42.5 Å². The summed E-state index contributed by atoms with van der Waals surface area (Å²) in [5.41, 5.74) is 2.19. The second-order valence-electron chi connectivity index (χ2n) is 7.05. The van der Waals surface area contributed by atoms with Crippen LogP contribution in [0.15, 0.2) is 65.6 Å². The number of aromatic nitrogens is 1. The normalized spacial score (nSPS) is 15.2. The van der Waals surface area contributed by atoms with Crippen LogP contribution in [-0.2, 0) is 13.6 Å². The van der Waals surface area contributed by atoms with Crippen molar-refractivity contribution >= 4 is 16.8 Å². The molecule has 0 unspecified atom stereocenters. The molecule has 2 aromatic carbocycles. The Balaban J connectivity index is 1.49. The fraction of sp³-hybridized carbons (Fsp3) is 0.273. The molecule has 4 rings (SSSR count). The molecular weight excluding hydrogens is 338 g/mol. The van der Waals surface area contributed by atoms with Crippen LogP contribution in [0.3, 0.4) is 0 Å². The van der Waals surface area contributed by atoms with Gasteiger partial charge in [0.05, 0.1) is 5.52 Å². The predicted octanol–water partition coefficient (Wildman–Crippen LogP) is 2.50. The summed E-state index contributed by atoms with van der Waals surface area (Å²) in [5.74, 6) is -0.166. The molecule has 1 aliphatic rings. The number of benzene rings is 2. The number of carbonyl (C=O) groups is 1. The van der Waals surface area contributed by atoms with E-state index in [-0.39, 0.29) is 16.9 Å². The summed E-state index contributed by atoms with van der Waals surface area (Å²) in [6.45, 7) is 3.80. The summed E-state index contributed by atoms with van der Waals surface area (Å²) in [5, 5.41) is 0.591. The van der Waals surface area contributed by atoms with Crippen LogP contribution in [-0.4, -0.2) is 46.5 Å². The highest BCUT2D eigenvalue weighted by Gasteiger charge is 2.24. The highest BCUT2D eigenvalue weighted by Crippen LogP contribution is 2.14. The van der Waals surface area contributed by atoms with Gasteiger partial charge < -0.3 is 9.47 Å². The van der Waals surface area contributed by atoms with E-state index in [0.717, 1.165) is 25.2 Å². The minimum atomic E-state index is -0.180. The van der Waals surface area contributed by atoms with Gasteiger partial charge in [0.25, 0.3) is 5.91 Å². The standard InChI is InChI=1S/C22H23N3O2/c1-23-16-19(21(26)18-9-5-6-10-20(18)23)22(27)25-13-11-24(12-14-25)15-17-7-3-2-4-8-17/h2-10,16H,11-15H2,1H3. The quantitative estimate of drug-likeness (QED) is 0.720. The van der Waals surface area contributed by atoms with Crippen molar-refractivity contribution < 1.29 is 4.79 Å². The zero-order valence-electron chi connectivity index (χ0n) is 15.5. The van der Waals surface area contributed by atoms with Crippen LogP contribution in [0, 0.1) is 0 Å². The van der Waals surface area contributed by atoms with Crippen molar-refractivity contribution in [2.24, 2.45) is 7.05 Å². The number of hydrogen-bond acceptors (Lipinski definition) is 3. The van der Waals surface area contributed by atoms with E-state index in [0.29, 0.717) is 18.5 Å². The van der Waals surface area contributed by atoms with Crippen molar-refractivity contribution in [3.05, 3.63) is 82.1 Å². The lowest BCUT2D eigenvalue weighted by molar-refractivity contribution is 0.0626. The fourth-order valence-corrected chi connectivity index (χ4v) is 3.71. The smallest absolute Gasteiger partial charge is 0.259 e. The fourth-order valence-electron chi connectivity index (χ4n) is 3.71. The molecule has 0 aliphatic carbocycles. The molecule has 1 amide bonds. The van der Waals surface area contributed by atoms with Gasteiger partial charge in [0.15, 0.2) is 0 Å². The Kier molecular flexibility index (Phi) is 4.77. The number of rotatable bonds is 3. The Morgan fingerprint density at radius 1 is 0.926 bits per heavy atom. The van der Waals surface area contributed by atoms with Crippen molar-refractivity contribution in [2.45, 2.75) is 6.54 Å². The Hall–Kier alpha value is -2.92. The van der Waals surface area contributed by atoms with E-state index < -0.39 is 0 Å². The van der Waals surface area contributed by atoms with Gasteiger partial charge in [0.1, 0.15) is 5.56 Å². The SMILES string of the molecule is Cn1cc(C(=O)N2CCN(Cc3ccccc3)CC2)c(=O)c2ccccc21. The highest BCUT2D eigenvalue weighted by molar-refractivity contribution is 5.97. The summed E-state index contributed by atoms with van der Waals surface area (Å²) >= 11 is 0. The van der Waals surface area contributed by atoms with Crippen LogP contribution in [0.5, 0.6) is 0 Å². The molecule has 5 nitrogen and oxygen atoms in total. The molecule has 0 spiro atoms. The van der Waals surface area contributed by atoms with Crippen molar-refractivity contribution in [1.29, 1.82) is 0 Å². The average molecular weight is 361 g/mol. The van der Waals surface area contributed by atoms with Gasteiger partial charge in [-0.2, -0.15) is 0 Å². The molecular formula is C22H23N3O2. The van der Waals surface area contributed by atoms with Crippen molar-refractivity contribution in [1.82, 2.24) is 14.4 Å². The van der Waals surface area contributed by atoms with Gasteiger partial charge in [-0.05, 0) is 17.7 Å². The Labute approximate surface area is 158 Å². The molecule has 3 aromatic rings. The summed E-state index contributed by atoms with van der Waals surface area (Å²) < 4.78 is 1.86. The number of pyridine rings is 1. The Bertz CT molecular complexity index is 1020. The predicted molar refractivity (Wildman–Crippen MR) is 107 cm³/mol. The van der Waals surface area contributed by atoms with E-state index in [4.69, 9.17) is 0 Å². The summed E-state index contributed by atoms with van der Waals surface area (Å²) in [7, 11) is 1.87. The molecule has 0 bridgehead atoms. The molecule has 1 fully saturated rings. The molecule has 0 radical (unpaired) electrons. The summed E-state index contributed by atoms with van der Waals surface area (Å²) in [4.78, 5) is 29.9. The lowest BCUT2D eigenvalue weighted by Gasteiger charge is -2.34. The van der Waals surface area contributed by atoms with Gasteiger partial charge in [0, 0.05) is 51.4 Å². The molecule has 1 aromatic heterocycles. The van der Waals surface area contributed by atoms with Gasteiger partial charge in [-0.15, -0.1) is 0 Å². The maximum absolute atomic E-state index is 13.0. The number of aryl methyl sites for hydroxylation is 1. The third kappa shape index (κ3) is 3.51. The Morgan fingerprint density at radius 3 is 2.33 bits per heavy atom. The number of nitrogens with zero attached hydrogens (tertiary/aromatic N) is 3. The first kappa shape index (κ1) is 17.5. The maximum atomic E-state index is 13.0. The van der Waals surface area contributed by atoms with Crippen LogP contribution < -0.4 is 5.43 Å². The molecule has 1 saturated heterocycles. The van der Waals surface area contributed by atoms with Crippen LogP contribution in [0.25, 0.3) is 10.9 Å². The lowest BCUT2D eigenvalue weighted by Crippen LogP contribution is -2.49. The number of piperazine rings is 1. The molecule has 0 atom stereocenters. The van der Waals surface area contributed by atoms with Crippen LogP contribution in [0.4, 0.5) is 0 Å². The van der Waals surface area contributed by atoms with E-state index in [1.54, 1.807) is 17.2 Å². The Morgan fingerprint density at radius 2 is 1.59 bits per heavy atom.